The number of carboxylic acid groups (broad SMARTS) is 1. The van der Waals surface area contributed by atoms with Crippen LogP contribution in [-0.4, -0.2) is 300 Å². The quantitative estimate of drug-likeness (QED) is 0.00896. The van der Waals surface area contributed by atoms with Gasteiger partial charge < -0.3 is 103 Å². The Morgan fingerprint density at radius 3 is 1.98 bits per heavy atom. The van der Waals surface area contributed by atoms with Gasteiger partial charge in [0.15, 0.2) is 5.82 Å². The van der Waals surface area contributed by atoms with Gasteiger partial charge in [0.25, 0.3) is 11.8 Å². The van der Waals surface area contributed by atoms with E-state index in [0.29, 0.717) is 225 Å². The molecular formula is C94H116ClFN15O22S+. The average molecular weight is 1890 g/mol. The van der Waals surface area contributed by atoms with Gasteiger partial charge in [0.05, 0.1) is 194 Å². The molecule has 40 heteroatoms. The number of piperazine rings is 1. The number of imide groups is 1. The lowest BCUT2D eigenvalue weighted by Gasteiger charge is -2.42. The Morgan fingerprint density at radius 1 is 0.627 bits per heavy atom. The number of nitrogens with one attached hydrogen (secondary N) is 4. The van der Waals surface area contributed by atoms with Gasteiger partial charge in [-0.1, -0.05) is 73.1 Å². The lowest BCUT2D eigenvalue weighted by Crippen LogP contribution is -2.57. The molecule has 0 aliphatic carbocycles. The molecule has 2 aliphatic heterocycles. The van der Waals surface area contributed by atoms with Crippen LogP contribution >= 0.6 is 22.9 Å². The molecule has 3 atom stereocenters. The molecule has 0 saturated carbocycles. The van der Waals surface area contributed by atoms with Crippen LogP contribution in [0.1, 0.15) is 61.2 Å². The number of anilines is 1. The first-order valence-corrected chi connectivity index (χ1v) is 45.6. The van der Waals surface area contributed by atoms with Crippen molar-refractivity contribution in [3.63, 3.8) is 0 Å². The van der Waals surface area contributed by atoms with E-state index >= 15 is 4.39 Å². The number of urea groups is 1. The lowest BCUT2D eigenvalue weighted by molar-refractivity contribution is -0.926. The molecule has 1 fully saturated rings. The van der Waals surface area contributed by atoms with Crippen LogP contribution < -0.4 is 45.9 Å². The predicted molar refractivity (Wildman–Crippen MR) is 495 cm³/mol. The number of amides is 7. The van der Waals surface area contributed by atoms with Gasteiger partial charge in [0.2, 0.25) is 29.7 Å². The summed E-state index contributed by atoms with van der Waals surface area (Å²) in [4.78, 5) is 113. The summed E-state index contributed by atoms with van der Waals surface area (Å²) < 4.78 is 99.5. The van der Waals surface area contributed by atoms with Gasteiger partial charge in [0, 0.05) is 96.6 Å². The number of carbonyl (C=O) groups is 7. The summed E-state index contributed by atoms with van der Waals surface area (Å²) in [6, 6.07) is 27.0. The van der Waals surface area contributed by atoms with Crippen molar-refractivity contribution in [1.82, 2.24) is 60.7 Å². The fourth-order valence-corrected chi connectivity index (χ4v) is 16.6. The Balaban J connectivity index is 0.669. The number of hydrogen-bond acceptors (Lipinski definition) is 29. The fraction of sp³-hybridized carbons (Fsp3) is 0.457. The van der Waals surface area contributed by atoms with Gasteiger partial charge in [-0.3, -0.25) is 33.8 Å². The van der Waals surface area contributed by atoms with Crippen LogP contribution in [0, 0.1) is 11.7 Å². The third-order valence-corrected chi connectivity index (χ3v) is 23.7. The average Bonchev–Trinajstić information content (AvgIpc) is 1.51. The number of quaternary nitrogens is 1. The van der Waals surface area contributed by atoms with Crippen LogP contribution in [0.4, 0.5) is 14.9 Å². The number of likely N-dealkylation sites (N-methyl/N-ethyl adjacent to an activating group) is 1. The molecule has 7 N–H and O–H groups in total. The first kappa shape index (κ1) is 101. The summed E-state index contributed by atoms with van der Waals surface area (Å²) in [5.74, 6) is -2.89. The highest BCUT2D eigenvalue weighted by Gasteiger charge is 2.34. The van der Waals surface area contributed by atoms with E-state index in [4.69, 9.17) is 88.6 Å². The maximum absolute atomic E-state index is 15.6. The SMILES string of the molecule is COCCOCCOCCOCCOCCOCCOCCOCCn1cc(COCc2cc(NC(=O)[C@H](CCCNC(N)=O)NC(=O)[C@@H](NC(=O)CCOCCN3C(=O)C=CC3=O)C(C)C)ccc2C[N+]2(C)CCN(CCOc3ccc4c(c3Cl)c3cc(F)ccc3c3sc5ncnc(O[C@H](Cc6ccccc6OCc6ccnc(-c7ccccc7OC)n6)C(=O)O)c5c43)CC2)nn1. The van der Waals surface area contributed by atoms with Crippen LogP contribution in [0.2, 0.25) is 5.02 Å². The summed E-state index contributed by atoms with van der Waals surface area (Å²) >= 11 is 8.83. The molecule has 6 aromatic carbocycles. The van der Waals surface area contributed by atoms with Crippen LogP contribution in [-0.2, 0) is 115 Å². The van der Waals surface area contributed by atoms with Crippen LogP contribution in [0.15, 0.2) is 134 Å². The predicted octanol–water partition coefficient (Wildman–Crippen LogP) is 8.82. The molecule has 2 aliphatic rings. The van der Waals surface area contributed by atoms with Gasteiger partial charge >= 0.3 is 12.0 Å². The number of halogens is 2. The second-order valence-corrected chi connectivity index (χ2v) is 33.6. The fourth-order valence-electron chi connectivity index (χ4n) is 15.1. The summed E-state index contributed by atoms with van der Waals surface area (Å²) in [7, 11) is 5.39. The smallest absolute Gasteiger partial charge is 0.345 e. The number of fused-ring (bicyclic) bond motifs is 8. The minimum absolute atomic E-state index is 0.000889. The number of aliphatic carboxylic acids is 1. The Hall–Kier alpha value is -11.7. The zero-order valence-electron chi connectivity index (χ0n) is 75.8. The van der Waals surface area contributed by atoms with E-state index in [1.807, 2.05) is 42.5 Å². The molecule has 134 heavy (non-hydrogen) atoms. The minimum atomic E-state index is -1.46. The van der Waals surface area contributed by atoms with E-state index in [2.05, 4.69) is 58.5 Å². The molecule has 0 spiro atoms. The topological polar surface area (TPSA) is 432 Å². The molecule has 0 unspecified atom stereocenters. The summed E-state index contributed by atoms with van der Waals surface area (Å²) in [6.45, 7) is 15.0. The van der Waals surface area contributed by atoms with E-state index in [-0.39, 0.29) is 89.3 Å². The number of carboxylic acids is 1. The number of para-hydroxylation sites is 2. The molecule has 7 amide bonds. The van der Waals surface area contributed by atoms with E-state index in [0.717, 1.165) is 33.8 Å². The lowest BCUT2D eigenvalue weighted by atomic mass is 9.97. The Morgan fingerprint density at radius 2 is 1.29 bits per heavy atom. The monoisotopic (exact) mass is 1890 g/mol. The molecule has 12 rings (SSSR count). The van der Waals surface area contributed by atoms with E-state index in [1.165, 1.54) is 41.9 Å². The molecule has 37 nitrogen and oxygen atoms in total. The van der Waals surface area contributed by atoms with Crippen molar-refractivity contribution < 1.29 is 114 Å². The van der Waals surface area contributed by atoms with Crippen molar-refractivity contribution in [2.75, 3.05) is 191 Å². The molecule has 10 aromatic rings. The van der Waals surface area contributed by atoms with Crippen molar-refractivity contribution in [3.8, 4) is 34.5 Å². The van der Waals surface area contributed by atoms with Crippen molar-refractivity contribution in [3.05, 3.63) is 173 Å². The van der Waals surface area contributed by atoms with E-state index < -0.39 is 71.5 Å². The number of methoxy groups -OCH3 is 2. The summed E-state index contributed by atoms with van der Waals surface area (Å²) in [6.07, 6.45) is 5.67. The molecule has 0 bridgehead atoms. The van der Waals surface area contributed by atoms with Gasteiger partial charge in [-0.15, -0.1) is 16.4 Å². The number of carbonyl (C=O) groups excluding carboxylic acids is 6. The number of primary amides is 1. The number of thiophene rings is 1. The van der Waals surface area contributed by atoms with E-state index in [9.17, 15) is 38.7 Å². The number of ether oxygens (including phenoxy) is 14. The standard InChI is InChI=1S/C94H115ClFN15O22S/c1-62(2)86(105-79(112)25-35-122-37-32-110-80(113)22-23-81(110)114)90(116)104-74(13-10-26-99-94(97)119)89(115)103-67-18-16-64(65(53-67)58-130-59-69-56-109(107-106-69)31-36-123-41-42-125-45-46-127-49-50-129-52-51-128-48-47-126-44-43-124-40-39-120-4)57-111(3)33-28-108(29-34-111)30-38-131-77-21-20-72-82(85(77)95)73-55-66(96)17-19-70(73)87-83(72)84-91(100-61-101-92(84)134-87)133-78(93(117)118)54-63-11-6-8-14-75(63)132-60-68-24-27-98-88(102-68)71-12-7-9-15-76(71)121-5/h6-9,11-12,14-24,27,53,55-56,61-62,74,78,86H,10,13,25-26,28-52,54,57-60H2,1-5H3,(H6-,97,99,103,104,105,112,115,116,117,118,119)/p+1/t74-,78+,86-/m0/s1. The molecule has 6 heterocycles. The summed E-state index contributed by atoms with van der Waals surface area (Å²) in [5.41, 5.74) is 9.91. The normalized spacial score (nSPS) is 14.0. The Bertz CT molecular complexity index is 5600. The number of rotatable bonds is 60. The number of benzene rings is 6. The van der Waals surface area contributed by atoms with Gasteiger partial charge in [-0.25, -0.2) is 38.6 Å². The van der Waals surface area contributed by atoms with Gasteiger partial charge in [-0.05, 0) is 101 Å². The third kappa shape index (κ3) is 29.9. The van der Waals surface area contributed by atoms with Crippen molar-refractivity contribution >= 4 is 112 Å². The van der Waals surface area contributed by atoms with E-state index in [1.54, 1.807) is 93.7 Å². The van der Waals surface area contributed by atoms with Crippen LogP contribution in [0.25, 0.3) is 53.2 Å². The summed E-state index contributed by atoms with van der Waals surface area (Å²) in [5, 5.41) is 34.3. The van der Waals surface area contributed by atoms with Crippen molar-refractivity contribution in [2.24, 2.45) is 11.7 Å². The number of nitrogens with zero attached hydrogens (tertiary/aromatic N) is 10. The van der Waals surface area contributed by atoms with Crippen LogP contribution in [0.3, 0.4) is 0 Å². The number of nitrogens with two attached hydrogens (primary N) is 1. The largest absolute Gasteiger partial charge is 0.496 e. The highest BCUT2D eigenvalue weighted by molar-refractivity contribution is 7.26. The second kappa shape index (κ2) is 52.3. The number of aromatic nitrogens is 7. The van der Waals surface area contributed by atoms with Gasteiger partial charge in [0.1, 0.15) is 71.8 Å². The molecule has 718 valence electrons. The highest BCUT2D eigenvalue weighted by atomic mass is 35.5. The maximum atomic E-state index is 15.6. The van der Waals surface area contributed by atoms with Crippen molar-refractivity contribution in [2.45, 2.75) is 90.6 Å². The zero-order valence-corrected chi connectivity index (χ0v) is 77.4. The second-order valence-electron chi connectivity index (χ2n) is 32.2. The van der Waals surface area contributed by atoms with Crippen molar-refractivity contribution in [1.29, 1.82) is 0 Å². The first-order chi connectivity index (χ1) is 65.1. The zero-order chi connectivity index (χ0) is 94.6. The molecule has 4 aromatic heterocycles. The Kier molecular flexibility index (Phi) is 39.5. The van der Waals surface area contributed by atoms with Gasteiger partial charge in [-0.2, -0.15) is 0 Å². The van der Waals surface area contributed by atoms with Crippen LogP contribution in [0.5, 0.6) is 23.1 Å². The minimum Gasteiger partial charge on any atom is -0.496 e. The molecule has 0 radical (unpaired) electrons. The Labute approximate surface area is 783 Å². The molecular weight excluding hydrogens is 1780 g/mol. The maximum Gasteiger partial charge on any atom is 0.345 e. The first-order valence-electron chi connectivity index (χ1n) is 44.4. The molecule has 1 saturated heterocycles. The number of hydrogen-bond donors (Lipinski definition) is 6. The third-order valence-electron chi connectivity index (χ3n) is 22.2. The highest BCUT2D eigenvalue weighted by Crippen LogP contribution is 2.49.